The molecule has 3 nitrogen and oxygen atoms in total. The van der Waals surface area contributed by atoms with Gasteiger partial charge in [0.15, 0.2) is 0 Å². The van der Waals surface area contributed by atoms with Crippen LogP contribution in [-0.2, 0) is 6.54 Å². The molecule has 0 bridgehead atoms. The van der Waals surface area contributed by atoms with Gasteiger partial charge in [0.25, 0.3) is 0 Å². The van der Waals surface area contributed by atoms with Crippen molar-refractivity contribution in [2.75, 3.05) is 0 Å². The van der Waals surface area contributed by atoms with Crippen molar-refractivity contribution in [3.05, 3.63) is 22.8 Å². The van der Waals surface area contributed by atoms with E-state index in [-0.39, 0.29) is 5.54 Å². The fourth-order valence-corrected chi connectivity index (χ4v) is 2.41. The number of halogens is 1. The Balaban J connectivity index is 1.96. The molecule has 106 valence electrons. The van der Waals surface area contributed by atoms with Gasteiger partial charge in [0.2, 0.25) is 5.88 Å². The Kier molecular flexibility index (Phi) is 4.69. The molecular weight excluding hydrogens is 260 g/mol. The highest BCUT2D eigenvalue weighted by molar-refractivity contribution is 6.31. The SMILES string of the molecule is CC(C)(C)NCc1cnc(OC2CCCC2)c(Cl)c1. The third-order valence-electron chi connectivity index (χ3n) is 3.27. The molecule has 1 aliphatic rings. The zero-order valence-corrected chi connectivity index (χ0v) is 12.8. The Hall–Kier alpha value is -0.800. The van der Waals surface area contributed by atoms with Crippen molar-refractivity contribution < 1.29 is 4.74 Å². The quantitative estimate of drug-likeness (QED) is 0.908. The van der Waals surface area contributed by atoms with Gasteiger partial charge in [0.05, 0.1) is 0 Å². The van der Waals surface area contributed by atoms with Gasteiger partial charge < -0.3 is 10.1 Å². The number of hydrogen-bond acceptors (Lipinski definition) is 3. The molecule has 0 saturated heterocycles. The van der Waals surface area contributed by atoms with Crippen LogP contribution in [0.25, 0.3) is 0 Å². The molecule has 1 aliphatic carbocycles. The van der Waals surface area contributed by atoms with Crippen LogP contribution in [0.3, 0.4) is 0 Å². The molecule has 0 aromatic carbocycles. The summed E-state index contributed by atoms with van der Waals surface area (Å²) in [5, 5.41) is 4.03. The summed E-state index contributed by atoms with van der Waals surface area (Å²) in [6.45, 7) is 7.18. The van der Waals surface area contributed by atoms with Gasteiger partial charge in [-0.3, -0.25) is 0 Å². The molecule has 1 fully saturated rings. The third-order valence-corrected chi connectivity index (χ3v) is 3.54. The van der Waals surface area contributed by atoms with E-state index in [1.807, 2.05) is 12.3 Å². The highest BCUT2D eigenvalue weighted by Crippen LogP contribution is 2.28. The lowest BCUT2D eigenvalue weighted by molar-refractivity contribution is 0.201. The van der Waals surface area contributed by atoms with Crippen LogP contribution < -0.4 is 10.1 Å². The number of rotatable bonds is 4. The minimum absolute atomic E-state index is 0.0888. The molecule has 1 heterocycles. The number of ether oxygens (including phenoxy) is 1. The topological polar surface area (TPSA) is 34.2 Å². The van der Waals surface area contributed by atoms with E-state index in [1.165, 1.54) is 12.8 Å². The summed E-state index contributed by atoms with van der Waals surface area (Å²) >= 11 is 6.24. The van der Waals surface area contributed by atoms with Gasteiger partial charge in [-0.2, -0.15) is 0 Å². The molecule has 0 aliphatic heterocycles. The molecule has 1 aromatic rings. The second-order valence-corrected chi connectivity index (χ2v) is 6.67. The maximum atomic E-state index is 6.24. The van der Waals surface area contributed by atoms with E-state index in [0.29, 0.717) is 17.0 Å². The normalized spacial score (nSPS) is 16.8. The predicted octanol–water partition coefficient (Wildman–Crippen LogP) is 3.94. The standard InChI is InChI=1S/C15H23ClN2O/c1-15(2,3)18-10-11-8-13(16)14(17-9-11)19-12-6-4-5-7-12/h8-9,12,18H,4-7,10H2,1-3H3. The zero-order chi connectivity index (χ0) is 13.9. The number of aromatic nitrogens is 1. The molecule has 1 saturated carbocycles. The number of pyridine rings is 1. The first-order valence-electron chi connectivity index (χ1n) is 7.00. The molecule has 0 amide bonds. The zero-order valence-electron chi connectivity index (χ0n) is 12.0. The molecule has 0 atom stereocenters. The first-order valence-corrected chi connectivity index (χ1v) is 7.38. The summed E-state index contributed by atoms with van der Waals surface area (Å²) in [7, 11) is 0. The lowest BCUT2D eigenvalue weighted by Gasteiger charge is -2.20. The lowest BCUT2D eigenvalue weighted by Crippen LogP contribution is -2.35. The summed E-state index contributed by atoms with van der Waals surface area (Å²) in [4.78, 5) is 4.35. The summed E-state index contributed by atoms with van der Waals surface area (Å²) in [6, 6.07) is 1.94. The fourth-order valence-electron chi connectivity index (χ4n) is 2.18. The van der Waals surface area contributed by atoms with Crippen LogP contribution in [0, 0.1) is 0 Å². The third kappa shape index (κ3) is 4.66. The molecular formula is C15H23ClN2O. The lowest BCUT2D eigenvalue weighted by atomic mass is 10.1. The highest BCUT2D eigenvalue weighted by Gasteiger charge is 2.18. The van der Waals surface area contributed by atoms with Crippen molar-refractivity contribution in [3.63, 3.8) is 0 Å². The van der Waals surface area contributed by atoms with Gasteiger partial charge in [0.1, 0.15) is 11.1 Å². The molecule has 0 spiro atoms. The van der Waals surface area contributed by atoms with Crippen LogP contribution >= 0.6 is 11.6 Å². The van der Waals surface area contributed by atoms with Crippen molar-refractivity contribution in [2.45, 2.75) is 64.6 Å². The summed E-state index contributed by atoms with van der Waals surface area (Å²) in [5.74, 6) is 0.577. The Labute approximate surface area is 120 Å². The maximum absolute atomic E-state index is 6.24. The molecule has 0 radical (unpaired) electrons. The van der Waals surface area contributed by atoms with Gasteiger partial charge in [-0.15, -0.1) is 0 Å². The minimum Gasteiger partial charge on any atom is -0.473 e. The second-order valence-electron chi connectivity index (χ2n) is 6.26. The molecule has 19 heavy (non-hydrogen) atoms. The Morgan fingerprint density at radius 3 is 2.63 bits per heavy atom. The number of nitrogens with one attached hydrogen (secondary N) is 1. The van der Waals surface area contributed by atoms with E-state index in [9.17, 15) is 0 Å². The number of hydrogen-bond donors (Lipinski definition) is 1. The highest BCUT2D eigenvalue weighted by atomic mass is 35.5. The maximum Gasteiger partial charge on any atom is 0.232 e. The predicted molar refractivity (Wildman–Crippen MR) is 78.7 cm³/mol. The Morgan fingerprint density at radius 2 is 2.05 bits per heavy atom. The summed E-state index contributed by atoms with van der Waals surface area (Å²) in [6.07, 6.45) is 6.86. The van der Waals surface area contributed by atoms with Crippen molar-refractivity contribution in [2.24, 2.45) is 0 Å². The van der Waals surface area contributed by atoms with Crippen LogP contribution in [0.15, 0.2) is 12.3 Å². The van der Waals surface area contributed by atoms with Gasteiger partial charge in [-0.1, -0.05) is 11.6 Å². The van der Waals surface area contributed by atoms with Gasteiger partial charge >= 0.3 is 0 Å². The minimum atomic E-state index is 0.0888. The monoisotopic (exact) mass is 282 g/mol. The smallest absolute Gasteiger partial charge is 0.232 e. The van der Waals surface area contributed by atoms with Crippen molar-refractivity contribution in [1.29, 1.82) is 0 Å². The molecule has 1 aromatic heterocycles. The average molecular weight is 283 g/mol. The van der Waals surface area contributed by atoms with Crippen LogP contribution in [0.4, 0.5) is 0 Å². The van der Waals surface area contributed by atoms with E-state index in [1.54, 1.807) is 0 Å². The van der Waals surface area contributed by atoms with Gasteiger partial charge in [-0.05, 0) is 58.1 Å². The average Bonchev–Trinajstić information content (AvgIpc) is 2.81. The van der Waals surface area contributed by atoms with E-state index in [2.05, 4.69) is 31.1 Å². The summed E-state index contributed by atoms with van der Waals surface area (Å²) in [5.41, 5.74) is 1.17. The van der Waals surface area contributed by atoms with Crippen molar-refractivity contribution in [3.8, 4) is 5.88 Å². The van der Waals surface area contributed by atoms with Crippen molar-refractivity contribution in [1.82, 2.24) is 10.3 Å². The molecule has 4 heteroatoms. The largest absolute Gasteiger partial charge is 0.473 e. The van der Waals surface area contributed by atoms with E-state index in [0.717, 1.165) is 24.9 Å². The van der Waals surface area contributed by atoms with Gasteiger partial charge in [0, 0.05) is 18.3 Å². The van der Waals surface area contributed by atoms with Crippen LogP contribution in [0.2, 0.25) is 5.02 Å². The number of nitrogens with zero attached hydrogens (tertiary/aromatic N) is 1. The first-order chi connectivity index (χ1) is 8.94. The Morgan fingerprint density at radius 1 is 1.37 bits per heavy atom. The van der Waals surface area contributed by atoms with E-state index in [4.69, 9.17) is 16.3 Å². The van der Waals surface area contributed by atoms with E-state index >= 15 is 0 Å². The van der Waals surface area contributed by atoms with Crippen LogP contribution in [-0.4, -0.2) is 16.6 Å². The molecule has 0 unspecified atom stereocenters. The fraction of sp³-hybridized carbons (Fsp3) is 0.667. The molecule has 1 N–H and O–H groups in total. The van der Waals surface area contributed by atoms with E-state index < -0.39 is 0 Å². The second kappa shape index (κ2) is 6.10. The first kappa shape index (κ1) is 14.6. The van der Waals surface area contributed by atoms with Crippen LogP contribution in [0.5, 0.6) is 5.88 Å². The molecule has 2 rings (SSSR count). The van der Waals surface area contributed by atoms with Crippen molar-refractivity contribution >= 4 is 11.6 Å². The Bertz CT molecular complexity index is 423. The summed E-state index contributed by atoms with van der Waals surface area (Å²) < 4.78 is 5.84. The van der Waals surface area contributed by atoms with Gasteiger partial charge in [-0.25, -0.2) is 4.98 Å². The van der Waals surface area contributed by atoms with Crippen LogP contribution in [0.1, 0.15) is 52.0 Å².